The molecule has 1 radical (unpaired) electrons. The van der Waals surface area contributed by atoms with E-state index in [0.717, 1.165) is 39.7 Å². The molecule has 0 saturated carbocycles. The molecule has 29 heavy (non-hydrogen) atoms. The Bertz CT molecular complexity index is 1140. The highest BCUT2D eigenvalue weighted by atomic mass is 35.5. The van der Waals surface area contributed by atoms with Crippen molar-refractivity contribution < 1.29 is 5.11 Å². The van der Waals surface area contributed by atoms with Crippen LogP contribution in [0.5, 0.6) is 0 Å². The van der Waals surface area contributed by atoms with Gasteiger partial charge in [0.15, 0.2) is 0 Å². The summed E-state index contributed by atoms with van der Waals surface area (Å²) >= 11 is 6.07. The third kappa shape index (κ3) is 5.11. The lowest BCUT2D eigenvalue weighted by Gasteiger charge is -2.11. The van der Waals surface area contributed by atoms with E-state index in [1.807, 2.05) is 91.0 Å². The van der Waals surface area contributed by atoms with Gasteiger partial charge in [-0.3, -0.25) is 0 Å². The van der Waals surface area contributed by atoms with E-state index in [1.54, 1.807) is 0 Å². The predicted octanol–water partition coefficient (Wildman–Crippen LogP) is 6.52. The standard InChI is InChI=1S/C26H21ClNO/c27-23-13-11-21-12-15-24(28-25(21)18-23)14-9-20-7-4-8-22(17-20)26(29)16-10-19-5-2-1-3-6-19/h1-5,7-9,11-15,17-18,26,29H,10,16H2/t26-/m0/s1. The van der Waals surface area contributed by atoms with Gasteiger partial charge in [-0.15, -0.1) is 0 Å². The number of nitrogens with zero attached hydrogens (tertiary/aromatic N) is 1. The molecule has 3 heteroatoms. The Morgan fingerprint density at radius 1 is 0.966 bits per heavy atom. The quantitative estimate of drug-likeness (QED) is 0.400. The second kappa shape index (κ2) is 9.04. The molecule has 0 unspecified atom stereocenters. The SMILES string of the molecule is O[C@@H](CCc1[c]cccc1)c1cccc(C=Cc2ccc3ccc(Cl)cc3n2)c1. The van der Waals surface area contributed by atoms with Crippen molar-refractivity contribution in [1.29, 1.82) is 0 Å². The van der Waals surface area contributed by atoms with Crippen LogP contribution in [0, 0.1) is 6.07 Å². The molecule has 1 aromatic heterocycles. The largest absolute Gasteiger partial charge is 0.388 e. The van der Waals surface area contributed by atoms with Gasteiger partial charge in [0.2, 0.25) is 0 Å². The van der Waals surface area contributed by atoms with Crippen molar-refractivity contribution >= 4 is 34.7 Å². The van der Waals surface area contributed by atoms with Crippen molar-refractivity contribution in [3.8, 4) is 0 Å². The van der Waals surface area contributed by atoms with Gasteiger partial charge in [0, 0.05) is 10.4 Å². The smallest absolute Gasteiger partial charge is 0.0793 e. The van der Waals surface area contributed by atoms with Gasteiger partial charge >= 0.3 is 0 Å². The van der Waals surface area contributed by atoms with E-state index in [-0.39, 0.29) is 0 Å². The average Bonchev–Trinajstić information content (AvgIpc) is 2.76. The number of pyridine rings is 1. The fourth-order valence-corrected chi connectivity index (χ4v) is 3.46. The first-order valence-corrected chi connectivity index (χ1v) is 10.0. The van der Waals surface area contributed by atoms with Gasteiger partial charge < -0.3 is 5.11 Å². The molecule has 1 heterocycles. The van der Waals surface area contributed by atoms with Crippen LogP contribution in [0.1, 0.15) is 34.9 Å². The lowest BCUT2D eigenvalue weighted by atomic mass is 9.99. The fraction of sp³-hybridized carbons (Fsp3) is 0.115. The minimum Gasteiger partial charge on any atom is -0.388 e. The van der Waals surface area contributed by atoms with Crippen LogP contribution in [0.4, 0.5) is 0 Å². The molecule has 1 atom stereocenters. The molecule has 0 amide bonds. The van der Waals surface area contributed by atoms with Crippen molar-refractivity contribution in [3.63, 3.8) is 0 Å². The zero-order chi connectivity index (χ0) is 20.1. The highest BCUT2D eigenvalue weighted by Gasteiger charge is 2.08. The molecule has 0 aliphatic rings. The number of hydrogen-bond acceptors (Lipinski definition) is 2. The third-order valence-corrected chi connectivity index (χ3v) is 5.11. The predicted molar refractivity (Wildman–Crippen MR) is 121 cm³/mol. The topological polar surface area (TPSA) is 33.1 Å². The molecule has 1 N–H and O–H groups in total. The second-order valence-corrected chi connectivity index (χ2v) is 7.46. The van der Waals surface area contributed by atoms with E-state index in [2.05, 4.69) is 11.1 Å². The highest BCUT2D eigenvalue weighted by molar-refractivity contribution is 6.31. The van der Waals surface area contributed by atoms with Crippen LogP contribution in [0.25, 0.3) is 23.1 Å². The van der Waals surface area contributed by atoms with Crippen molar-refractivity contribution in [3.05, 3.63) is 112 Å². The lowest BCUT2D eigenvalue weighted by Crippen LogP contribution is -2.00. The molecule has 0 fully saturated rings. The van der Waals surface area contributed by atoms with E-state index in [9.17, 15) is 5.11 Å². The molecule has 4 rings (SSSR count). The first-order valence-electron chi connectivity index (χ1n) is 9.65. The monoisotopic (exact) mass is 398 g/mol. The van der Waals surface area contributed by atoms with Gasteiger partial charge in [-0.1, -0.05) is 72.3 Å². The highest BCUT2D eigenvalue weighted by Crippen LogP contribution is 2.22. The molecule has 0 aliphatic heterocycles. The third-order valence-electron chi connectivity index (χ3n) is 4.88. The molecule has 3 aromatic carbocycles. The van der Waals surface area contributed by atoms with Crippen molar-refractivity contribution in [2.24, 2.45) is 0 Å². The summed E-state index contributed by atoms with van der Waals surface area (Å²) in [6.45, 7) is 0. The first-order chi connectivity index (χ1) is 14.2. The molecule has 0 saturated heterocycles. The van der Waals surface area contributed by atoms with Crippen LogP contribution in [0.2, 0.25) is 5.02 Å². The molecule has 2 nitrogen and oxygen atoms in total. The van der Waals surface area contributed by atoms with Crippen molar-refractivity contribution in [1.82, 2.24) is 4.98 Å². The Kier molecular flexibility index (Phi) is 6.04. The Balaban J connectivity index is 1.46. The van der Waals surface area contributed by atoms with E-state index in [1.165, 1.54) is 0 Å². The van der Waals surface area contributed by atoms with Crippen LogP contribution in [0.15, 0.2) is 78.9 Å². The first kappa shape index (κ1) is 19.4. The van der Waals surface area contributed by atoms with Crippen molar-refractivity contribution in [2.75, 3.05) is 0 Å². The molecular weight excluding hydrogens is 378 g/mol. The van der Waals surface area contributed by atoms with E-state index in [4.69, 9.17) is 11.6 Å². The van der Waals surface area contributed by atoms with Crippen LogP contribution >= 0.6 is 11.6 Å². The van der Waals surface area contributed by atoms with Crippen LogP contribution in [-0.4, -0.2) is 10.1 Å². The maximum atomic E-state index is 10.6. The van der Waals surface area contributed by atoms with E-state index in [0.29, 0.717) is 11.4 Å². The number of aromatic nitrogens is 1. The zero-order valence-corrected chi connectivity index (χ0v) is 16.7. The average molecular weight is 399 g/mol. The van der Waals surface area contributed by atoms with Gasteiger partial charge in [-0.05, 0) is 65.9 Å². The van der Waals surface area contributed by atoms with Crippen LogP contribution in [-0.2, 0) is 6.42 Å². The molecule has 4 aromatic rings. The van der Waals surface area contributed by atoms with Gasteiger partial charge in [-0.25, -0.2) is 4.98 Å². The number of fused-ring (bicyclic) bond motifs is 1. The Hall–Kier alpha value is -2.94. The molecule has 143 valence electrons. The van der Waals surface area contributed by atoms with Crippen LogP contribution < -0.4 is 0 Å². The number of halogens is 1. The Labute approximate surface area is 176 Å². The number of aliphatic hydroxyl groups excluding tert-OH is 1. The minimum atomic E-state index is -0.502. The Morgan fingerprint density at radius 3 is 2.72 bits per heavy atom. The molecular formula is C26H21ClNO. The number of rotatable bonds is 6. The summed E-state index contributed by atoms with van der Waals surface area (Å²) in [6.07, 6.45) is 4.95. The van der Waals surface area contributed by atoms with Crippen LogP contribution in [0.3, 0.4) is 0 Å². The summed E-state index contributed by atoms with van der Waals surface area (Å²) in [5, 5.41) is 12.3. The lowest BCUT2D eigenvalue weighted by molar-refractivity contribution is 0.168. The summed E-state index contributed by atoms with van der Waals surface area (Å²) in [6, 6.07) is 28.8. The molecule has 0 aliphatic carbocycles. The van der Waals surface area contributed by atoms with Gasteiger partial charge in [0.1, 0.15) is 0 Å². The second-order valence-electron chi connectivity index (χ2n) is 7.02. The maximum Gasteiger partial charge on any atom is 0.0793 e. The number of hydrogen-bond donors (Lipinski definition) is 1. The number of aryl methyl sites for hydroxylation is 1. The van der Waals surface area contributed by atoms with Crippen molar-refractivity contribution in [2.45, 2.75) is 18.9 Å². The maximum absolute atomic E-state index is 10.6. The van der Waals surface area contributed by atoms with E-state index < -0.39 is 6.10 Å². The summed E-state index contributed by atoms with van der Waals surface area (Å²) in [5.41, 5.74) is 4.80. The molecule has 0 bridgehead atoms. The normalized spacial score (nSPS) is 12.5. The van der Waals surface area contributed by atoms with Gasteiger partial charge in [-0.2, -0.15) is 0 Å². The zero-order valence-electron chi connectivity index (χ0n) is 15.9. The van der Waals surface area contributed by atoms with Gasteiger partial charge in [0.25, 0.3) is 0 Å². The number of benzene rings is 3. The molecule has 0 spiro atoms. The minimum absolute atomic E-state index is 0.502. The summed E-state index contributed by atoms with van der Waals surface area (Å²) < 4.78 is 0. The Morgan fingerprint density at radius 2 is 1.86 bits per heavy atom. The fourth-order valence-electron chi connectivity index (χ4n) is 3.30. The summed E-state index contributed by atoms with van der Waals surface area (Å²) in [4.78, 5) is 4.65. The summed E-state index contributed by atoms with van der Waals surface area (Å²) in [7, 11) is 0. The number of aliphatic hydroxyl groups is 1. The van der Waals surface area contributed by atoms with Gasteiger partial charge in [0.05, 0.1) is 17.3 Å². The van der Waals surface area contributed by atoms with E-state index >= 15 is 0 Å². The summed E-state index contributed by atoms with van der Waals surface area (Å²) in [5.74, 6) is 0.